The number of hydrogen-bond donors (Lipinski definition) is 2. The van der Waals surface area contributed by atoms with Crippen LogP contribution >= 0.6 is 11.3 Å². The number of ether oxygens (including phenoxy) is 1. The smallest absolute Gasteiger partial charge is 0.262 e. The molecule has 0 bridgehead atoms. The third-order valence-electron chi connectivity index (χ3n) is 4.32. The summed E-state index contributed by atoms with van der Waals surface area (Å²) in [7, 11) is -3.72. The minimum atomic E-state index is -3.72. The number of benzene rings is 1. The van der Waals surface area contributed by atoms with Crippen LogP contribution in [0.1, 0.15) is 28.8 Å². The molecule has 11 heteroatoms. The van der Waals surface area contributed by atoms with Crippen molar-refractivity contribution in [2.75, 3.05) is 25.0 Å². The quantitative estimate of drug-likeness (QED) is 0.676. The number of nitriles is 1. The Morgan fingerprint density at radius 2 is 2.00 bits per heavy atom. The highest BCUT2D eigenvalue weighted by Gasteiger charge is 2.28. The van der Waals surface area contributed by atoms with E-state index in [1.54, 1.807) is 11.4 Å². The van der Waals surface area contributed by atoms with Crippen LogP contribution in [-0.4, -0.2) is 44.2 Å². The average molecular weight is 434 g/mol. The number of nitrogens with one attached hydrogen (secondary N) is 1. The van der Waals surface area contributed by atoms with Crippen molar-refractivity contribution in [3.63, 3.8) is 0 Å². The van der Waals surface area contributed by atoms with Gasteiger partial charge in [-0.3, -0.25) is 9.59 Å². The van der Waals surface area contributed by atoms with Crippen LogP contribution < -0.4 is 15.8 Å². The Balaban J connectivity index is 1.75. The van der Waals surface area contributed by atoms with Gasteiger partial charge < -0.3 is 15.8 Å². The largest absolute Gasteiger partial charge is 0.483 e. The maximum Gasteiger partial charge on any atom is 0.262 e. The van der Waals surface area contributed by atoms with Crippen molar-refractivity contribution in [1.82, 2.24) is 4.31 Å². The molecule has 29 heavy (non-hydrogen) atoms. The van der Waals surface area contributed by atoms with Crippen molar-refractivity contribution in [2.45, 2.75) is 17.7 Å². The predicted octanol–water partition coefficient (Wildman–Crippen LogP) is 1.52. The van der Waals surface area contributed by atoms with Gasteiger partial charge in [0.05, 0.1) is 16.0 Å². The number of amides is 2. The molecule has 0 radical (unpaired) electrons. The highest BCUT2D eigenvalue weighted by atomic mass is 32.2. The topological polar surface area (TPSA) is 143 Å². The van der Waals surface area contributed by atoms with Crippen LogP contribution in [0.4, 0.5) is 5.00 Å². The van der Waals surface area contributed by atoms with Crippen molar-refractivity contribution in [1.29, 1.82) is 5.26 Å². The molecule has 1 aromatic carbocycles. The molecule has 0 spiro atoms. The maximum absolute atomic E-state index is 12.7. The molecule has 1 aliphatic heterocycles. The molecule has 1 saturated heterocycles. The van der Waals surface area contributed by atoms with E-state index in [9.17, 15) is 18.0 Å². The molecule has 0 saturated carbocycles. The van der Waals surface area contributed by atoms with E-state index in [2.05, 4.69) is 5.32 Å². The fourth-order valence-electron chi connectivity index (χ4n) is 2.87. The first-order valence-electron chi connectivity index (χ1n) is 8.67. The lowest BCUT2D eigenvalue weighted by atomic mass is 10.2. The Morgan fingerprint density at radius 3 is 2.66 bits per heavy atom. The third kappa shape index (κ3) is 4.56. The monoisotopic (exact) mass is 434 g/mol. The number of primary amides is 1. The van der Waals surface area contributed by atoms with Gasteiger partial charge in [-0.2, -0.15) is 9.57 Å². The van der Waals surface area contributed by atoms with Gasteiger partial charge >= 0.3 is 0 Å². The van der Waals surface area contributed by atoms with Crippen molar-refractivity contribution in [3.8, 4) is 11.8 Å². The van der Waals surface area contributed by atoms with Gasteiger partial charge in [-0.05, 0) is 42.5 Å². The minimum absolute atomic E-state index is 0.000270. The van der Waals surface area contributed by atoms with Gasteiger partial charge in [0.1, 0.15) is 16.8 Å². The molecule has 9 nitrogen and oxygen atoms in total. The Hall–Kier alpha value is -2.94. The molecule has 3 N–H and O–H groups in total. The maximum atomic E-state index is 12.7. The van der Waals surface area contributed by atoms with Gasteiger partial charge in [0.25, 0.3) is 11.8 Å². The Morgan fingerprint density at radius 1 is 1.28 bits per heavy atom. The zero-order chi connectivity index (χ0) is 21.0. The molecule has 1 fully saturated rings. The number of carbonyl (C=O) groups is 2. The van der Waals surface area contributed by atoms with Crippen LogP contribution in [-0.2, 0) is 14.8 Å². The van der Waals surface area contributed by atoms with E-state index >= 15 is 0 Å². The number of thiophene rings is 1. The Labute approximate surface area is 171 Å². The molecule has 2 aromatic rings. The van der Waals surface area contributed by atoms with Crippen LogP contribution in [0.25, 0.3) is 0 Å². The first kappa shape index (κ1) is 20.8. The lowest BCUT2D eigenvalue weighted by Crippen LogP contribution is -2.28. The minimum Gasteiger partial charge on any atom is -0.483 e. The van der Waals surface area contributed by atoms with Crippen LogP contribution in [0.3, 0.4) is 0 Å². The highest BCUT2D eigenvalue weighted by molar-refractivity contribution is 7.89. The molecule has 0 aliphatic carbocycles. The van der Waals surface area contributed by atoms with Crippen molar-refractivity contribution >= 4 is 38.2 Å². The molecule has 0 unspecified atom stereocenters. The molecular weight excluding hydrogens is 416 g/mol. The second-order valence-corrected chi connectivity index (χ2v) is 9.10. The molecule has 2 heterocycles. The van der Waals surface area contributed by atoms with E-state index in [0.29, 0.717) is 23.7 Å². The second kappa shape index (κ2) is 8.60. The number of nitrogens with two attached hydrogens (primary N) is 1. The molecule has 1 aromatic heterocycles. The number of nitrogens with zero attached hydrogens (tertiary/aromatic N) is 2. The molecular formula is C18H18N4O5S2. The second-order valence-electron chi connectivity index (χ2n) is 6.25. The van der Waals surface area contributed by atoms with E-state index in [4.69, 9.17) is 15.7 Å². The van der Waals surface area contributed by atoms with E-state index in [1.165, 1.54) is 27.8 Å². The molecule has 2 amide bonds. The summed E-state index contributed by atoms with van der Waals surface area (Å²) < 4.78 is 32.1. The number of hydrogen-bond acceptors (Lipinski definition) is 7. The first-order chi connectivity index (χ1) is 13.8. The summed E-state index contributed by atoms with van der Waals surface area (Å²) in [4.78, 5) is 23.8. The van der Waals surface area contributed by atoms with Crippen LogP contribution in [0, 0.1) is 11.3 Å². The normalized spacial score (nSPS) is 14.3. The molecule has 3 rings (SSSR count). The van der Waals surface area contributed by atoms with Gasteiger partial charge in [-0.1, -0.05) is 0 Å². The Bertz CT molecular complexity index is 1080. The highest BCUT2D eigenvalue weighted by Crippen LogP contribution is 2.27. The van der Waals surface area contributed by atoms with Gasteiger partial charge in [0.2, 0.25) is 10.0 Å². The molecule has 152 valence electrons. The summed E-state index contributed by atoms with van der Waals surface area (Å²) in [6.07, 6.45) is 1.58. The number of carbonyl (C=O) groups excluding carboxylic acids is 2. The summed E-state index contributed by atoms with van der Waals surface area (Å²) in [6, 6.07) is 7.32. The Kier molecular flexibility index (Phi) is 6.17. The average Bonchev–Trinajstić information content (AvgIpc) is 3.38. The summed E-state index contributed by atoms with van der Waals surface area (Å²) >= 11 is 1.19. The summed E-state index contributed by atoms with van der Waals surface area (Å²) in [5.74, 6) is -1.41. The summed E-state index contributed by atoms with van der Waals surface area (Å²) in [5, 5.41) is 13.6. The first-order valence-corrected chi connectivity index (χ1v) is 11.0. The van der Waals surface area contributed by atoms with Gasteiger partial charge in [0.15, 0.2) is 6.61 Å². The van der Waals surface area contributed by atoms with Gasteiger partial charge in [0, 0.05) is 13.1 Å². The predicted molar refractivity (Wildman–Crippen MR) is 106 cm³/mol. The lowest BCUT2D eigenvalue weighted by molar-refractivity contribution is -0.118. The van der Waals surface area contributed by atoms with E-state index < -0.39 is 28.4 Å². The van der Waals surface area contributed by atoms with Gasteiger partial charge in [-0.15, -0.1) is 11.3 Å². The van der Waals surface area contributed by atoms with Gasteiger partial charge in [-0.25, -0.2) is 8.42 Å². The third-order valence-corrected chi connectivity index (χ3v) is 7.04. The SMILES string of the molecule is N#Cc1ccsc1NC(=O)COc1ccc(S(=O)(=O)N2CCCC2)cc1C(N)=O. The number of sulfonamides is 1. The zero-order valence-electron chi connectivity index (χ0n) is 15.3. The van der Waals surface area contributed by atoms with E-state index in [-0.39, 0.29) is 16.2 Å². The number of rotatable bonds is 7. The summed E-state index contributed by atoms with van der Waals surface area (Å²) in [5.41, 5.74) is 5.57. The fourth-order valence-corrected chi connectivity index (χ4v) is 5.16. The van der Waals surface area contributed by atoms with Crippen molar-refractivity contribution in [3.05, 3.63) is 40.8 Å². The molecule has 0 atom stereocenters. The number of anilines is 1. The van der Waals surface area contributed by atoms with Crippen molar-refractivity contribution < 1.29 is 22.7 Å². The van der Waals surface area contributed by atoms with E-state index in [0.717, 1.165) is 18.9 Å². The standard InChI is InChI=1S/C18H18N4O5S2/c19-10-12-5-8-28-18(12)21-16(23)11-27-15-4-3-13(9-14(15)17(20)24)29(25,26)22-6-1-2-7-22/h3-5,8-9H,1-2,6-7,11H2,(H2,20,24)(H,21,23). The van der Waals surface area contributed by atoms with Crippen LogP contribution in [0.5, 0.6) is 5.75 Å². The lowest BCUT2D eigenvalue weighted by Gasteiger charge is -2.17. The zero-order valence-corrected chi connectivity index (χ0v) is 16.9. The van der Waals surface area contributed by atoms with Crippen LogP contribution in [0.15, 0.2) is 34.5 Å². The van der Waals surface area contributed by atoms with E-state index in [1.807, 2.05) is 6.07 Å². The van der Waals surface area contributed by atoms with Crippen molar-refractivity contribution in [2.24, 2.45) is 5.73 Å². The fraction of sp³-hybridized carbons (Fsp3) is 0.278. The van der Waals surface area contributed by atoms with Crippen LogP contribution in [0.2, 0.25) is 0 Å². The summed E-state index contributed by atoms with van der Waals surface area (Å²) in [6.45, 7) is 0.418. The molecule has 1 aliphatic rings.